The molecule has 1 aliphatic carbocycles. The lowest BCUT2D eigenvalue weighted by Crippen LogP contribution is -2.45. The van der Waals surface area contributed by atoms with Gasteiger partial charge in [0.25, 0.3) is 5.91 Å². The highest BCUT2D eigenvalue weighted by atomic mass is 79.9. The standard InChI is InChI=1S/C12H15BrN2OS/c1-17-12(4-2-5-12)8-15-11(16)9-3-6-14-10(13)7-9/h3,6-7H,2,4-5,8H2,1H3,(H,15,16). The van der Waals surface area contributed by atoms with Crippen molar-refractivity contribution in [1.82, 2.24) is 10.3 Å². The fraction of sp³-hybridized carbons (Fsp3) is 0.500. The van der Waals surface area contributed by atoms with Crippen molar-refractivity contribution in [3.8, 4) is 0 Å². The number of amides is 1. The number of rotatable bonds is 4. The minimum absolute atomic E-state index is 0.0200. The average Bonchev–Trinajstić information content (AvgIpc) is 2.28. The first-order valence-corrected chi connectivity index (χ1v) is 7.62. The minimum Gasteiger partial charge on any atom is -0.351 e. The van der Waals surface area contributed by atoms with Gasteiger partial charge in [-0.15, -0.1) is 0 Å². The molecule has 1 N–H and O–H groups in total. The summed E-state index contributed by atoms with van der Waals surface area (Å²) in [6, 6.07) is 3.47. The van der Waals surface area contributed by atoms with Gasteiger partial charge in [-0.1, -0.05) is 6.42 Å². The van der Waals surface area contributed by atoms with Crippen LogP contribution in [-0.4, -0.2) is 28.4 Å². The van der Waals surface area contributed by atoms with Crippen LogP contribution in [0.4, 0.5) is 0 Å². The number of hydrogen-bond acceptors (Lipinski definition) is 3. The second-order valence-electron chi connectivity index (χ2n) is 4.29. The first kappa shape index (κ1) is 12.9. The molecule has 3 nitrogen and oxygen atoms in total. The van der Waals surface area contributed by atoms with Crippen molar-refractivity contribution < 1.29 is 4.79 Å². The number of hydrogen-bond donors (Lipinski definition) is 1. The van der Waals surface area contributed by atoms with Crippen LogP contribution >= 0.6 is 27.7 Å². The molecule has 0 spiro atoms. The number of halogens is 1. The lowest BCUT2D eigenvalue weighted by atomic mass is 9.84. The zero-order valence-corrected chi connectivity index (χ0v) is 12.1. The van der Waals surface area contributed by atoms with E-state index in [1.54, 1.807) is 18.3 Å². The molecule has 1 heterocycles. The number of nitrogens with zero attached hydrogens (tertiary/aromatic N) is 1. The summed E-state index contributed by atoms with van der Waals surface area (Å²) in [5.74, 6) is -0.0200. The summed E-state index contributed by atoms with van der Waals surface area (Å²) >= 11 is 5.13. The molecule has 0 aromatic carbocycles. The van der Waals surface area contributed by atoms with Crippen LogP contribution in [0.1, 0.15) is 29.6 Å². The van der Waals surface area contributed by atoms with Crippen molar-refractivity contribution in [2.45, 2.75) is 24.0 Å². The summed E-state index contributed by atoms with van der Waals surface area (Å²) in [5.41, 5.74) is 0.655. The lowest BCUT2D eigenvalue weighted by Gasteiger charge is -2.40. The zero-order chi connectivity index (χ0) is 12.3. The second kappa shape index (κ2) is 5.40. The number of carbonyl (C=O) groups is 1. The normalized spacial score (nSPS) is 17.3. The summed E-state index contributed by atoms with van der Waals surface area (Å²) in [6.45, 7) is 0.757. The van der Waals surface area contributed by atoms with E-state index >= 15 is 0 Å². The third kappa shape index (κ3) is 3.01. The summed E-state index contributed by atoms with van der Waals surface area (Å²) < 4.78 is 0.966. The second-order valence-corrected chi connectivity index (χ2v) is 6.38. The summed E-state index contributed by atoms with van der Waals surface area (Å²) in [7, 11) is 0. The van der Waals surface area contributed by atoms with E-state index in [4.69, 9.17) is 0 Å². The maximum Gasteiger partial charge on any atom is 0.251 e. The Morgan fingerprint density at radius 1 is 1.65 bits per heavy atom. The molecule has 1 aliphatic rings. The fourth-order valence-corrected chi connectivity index (χ4v) is 3.19. The number of pyridine rings is 1. The molecule has 17 heavy (non-hydrogen) atoms. The molecule has 1 amide bonds. The van der Waals surface area contributed by atoms with E-state index in [9.17, 15) is 4.79 Å². The Kier molecular flexibility index (Phi) is 4.09. The van der Waals surface area contributed by atoms with E-state index in [0.29, 0.717) is 10.2 Å². The fourth-order valence-electron chi connectivity index (χ4n) is 1.91. The van der Waals surface area contributed by atoms with Crippen LogP contribution < -0.4 is 5.32 Å². The van der Waals surface area contributed by atoms with Gasteiger partial charge in [-0.2, -0.15) is 11.8 Å². The number of aromatic nitrogens is 1. The van der Waals surface area contributed by atoms with E-state index in [1.165, 1.54) is 19.3 Å². The number of carbonyl (C=O) groups excluding carboxylic acids is 1. The maximum atomic E-state index is 11.9. The molecule has 1 aromatic rings. The van der Waals surface area contributed by atoms with E-state index in [2.05, 4.69) is 32.5 Å². The molecule has 0 saturated heterocycles. The molecular weight excluding hydrogens is 300 g/mol. The molecule has 0 aliphatic heterocycles. The van der Waals surface area contributed by atoms with E-state index in [0.717, 1.165) is 6.54 Å². The molecule has 92 valence electrons. The minimum atomic E-state index is -0.0200. The van der Waals surface area contributed by atoms with Crippen molar-refractivity contribution in [3.05, 3.63) is 28.5 Å². The number of thioether (sulfide) groups is 1. The van der Waals surface area contributed by atoms with Gasteiger partial charge in [0.15, 0.2) is 0 Å². The van der Waals surface area contributed by atoms with Gasteiger partial charge >= 0.3 is 0 Å². The Morgan fingerprint density at radius 3 is 2.94 bits per heavy atom. The van der Waals surface area contributed by atoms with Gasteiger partial charge in [-0.25, -0.2) is 4.98 Å². The largest absolute Gasteiger partial charge is 0.351 e. The van der Waals surface area contributed by atoms with Gasteiger partial charge in [0.1, 0.15) is 4.60 Å². The Hall–Kier alpha value is -0.550. The van der Waals surface area contributed by atoms with Crippen LogP contribution in [0.5, 0.6) is 0 Å². The van der Waals surface area contributed by atoms with Crippen LogP contribution in [-0.2, 0) is 0 Å². The quantitative estimate of drug-likeness (QED) is 0.869. The average molecular weight is 315 g/mol. The first-order valence-electron chi connectivity index (χ1n) is 5.60. The van der Waals surface area contributed by atoms with Crippen molar-refractivity contribution >= 4 is 33.6 Å². The van der Waals surface area contributed by atoms with E-state index in [1.807, 2.05) is 11.8 Å². The van der Waals surface area contributed by atoms with E-state index in [-0.39, 0.29) is 10.7 Å². The maximum absolute atomic E-state index is 11.9. The highest BCUT2D eigenvalue weighted by molar-refractivity contribution is 9.10. The highest BCUT2D eigenvalue weighted by Gasteiger charge is 2.36. The van der Waals surface area contributed by atoms with Gasteiger partial charge in [0, 0.05) is 23.1 Å². The van der Waals surface area contributed by atoms with Gasteiger partial charge in [0.2, 0.25) is 0 Å². The molecule has 0 atom stereocenters. The Balaban J connectivity index is 1.93. The van der Waals surface area contributed by atoms with Gasteiger partial charge < -0.3 is 5.32 Å². The van der Waals surface area contributed by atoms with Crippen molar-refractivity contribution in [2.75, 3.05) is 12.8 Å². The Labute approximate surface area is 114 Å². The van der Waals surface area contributed by atoms with Crippen LogP contribution in [0.2, 0.25) is 0 Å². The third-order valence-corrected chi connectivity index (χ3v) is 5.11. The molecule has 1 fully saturated rings. The third-order valence-electron chi connectivity index (χ3n) is 3.26. The van der Waals surface area contributed by atoms with Crippen molar-refractivity contribution in [1.29, 1.82) is 0 Å². The molecule has 1 aromatic heterocycles. The van der Waals surface area contributed by atoms with Crippen LogP contribution in [0, 0.1) is 0 Å². The topological polar surface area (TPSA) is 42.0 Å². The van der Waals surface area contributed by atoms with Gasteiger partial charge in [-0.3, -0.25) is 4.79 Å². The zero-order valence-electron chi connectivity index (χ0n) is 9.70. The molecular formula is C12H15BrN2OS. The first-order chi connectivity index (χ1) is 8.15. The van der Waals surface area contributed by atoms with Gasteiger partial charge in [-0.05, 0) is 47.2 Å². The van der Waals surface area contributed by atoms with E-state index < -0.39 is 0 Å². The van der Waals surface area contributed by atoms with Crippen LogP contribution in [0.15, 0.2) is 22.9 Å². The van der Waals surface area contributed by atoms with Crippen molar-refractivity contribution in [2.24, 2.45) is 0 Å². The predicted octanol–water partition coefficient (Wildman–Crippen LogP) is 2.86. The molecule has 1 saturated carbocycles. The monoisotopic (exact) mass is 314 g/mol. The SMILES string of the molecule is CSC1(CNC(=O)c2ccnc(Br)c2)CCC1. The summed E-state index contributed by atoms with van der Waals surface area (Å²) in [5, 5.41) is 3.01. The smallest absolute Gasteiger partial charge is 0.251 e. The molecule has 0 unspecified atom stereocenters. The molecule has 0 radical (unpaired) electrons. The lowest BCUT2D eigenvalue weighted by molar-refractivity contribution is 0.0943. The van der Waals surface area contributed by atoms with Crippen LogP contribution in [0.25, 0.3) is 0 Å². The molecule has 2 rings (SSSR count). The summed E-state index contributed by atoms with van der Waals surface area (Å²) in [6.07, 6.45) is 7.43. The molecule has 5 heteroatoms. The van der Waals surface area contributed by atoms with Crippen molar-refractivity contribution in [3.63, 3.8) is 0 Å². The van der Waals surface area contributed by atoms with Crippen LogP contribution in [0.3, 0.4) is 0 Å². The predicted molar refractivity (Wildman–Crippen MR) is 74.4 cm³/mol. The summed E-state index contributed by atoms with van der Waals surface area (Å²) in [4.78, 5) is 15.9. The number of nitrogens with one attached hydrogen (secondary N) is 1. The molecule has 0 bridgehead atoms. The Bertz CT molecular complexity index is 415. The van der Waals surface area contributed by atoms with Gasteiger partial charge in [0.05, 0.1) is 0 Å². The Morgan fingerprint density at radius 2 is 2.41 bits per heavy atom. The highest BCUT2D eigenvalue weighted by Crippen LogP contribution is 2.42.